The predicted molar refractivity (Wildman–Crippen MR) is 61.2 cm³/mol. The molecule has 0 fully saturated rings. The third-order valence-electron chi connectivity index (χ3n) is 2.69. The largest absolute Gasteiger partial charge is 0.206 e. The lowest BCUT2D eigenvalue weighted by Gasteiger charge is -2.08. The van der Waals surface area contributed by atoms with Crippen LogP contribution in [0.1, 0.15) is 18.1 Å². The first-order valence-electron chi connectivity index (χ1n) is 5.05. The molecule has 0 aromatic heterocycles. The van der Waals surface area contributed by atoms with E-state index < -0.39 is 5.82 Å². The van der Waals surface area contributed by atoms with Gasteiger partial charge in [-0.25, -0.2) is 8.78 Å². The molecule has 0 atom stereocenters. The van der Waals surface area contributed by atoms with Crippen molar-refractivity contribution >= 4 is 10.8 Å². The highest BCUT2D eigenvalue weighted by molar-refractivity contribution is 5.91. The zero-order valence-corrected chi connectivity index (χ0v) is 8.85. The van der Waals surface area contributed by atoms with E-state index in [0.29, 0.717) is 17.2 Å². The van der Waals surface area contributed by atoms with Crippen molar-refractivity contribution in [2.24, 2.45) is 0 Å². The third kappa shape index (κ3) is 1.45. The van der Waals surface area contributed by atoms with Crippen LogP contribution in [0.15, 0.2) is 24.3 Å². The molecule has 0 aliphatic rings. The van der Waals surface area contributed by atoms with Crippen LogP contribution in [0.5, 0.6) is 0 Å². The first-order valence-corrected chi connectivity index (χ1v) is 5.05. The minimum atomic E-state index is -0.477. The van der Waals surface area contributed by atoms with Crippen molar-refractivity contribution in [1.29, 1.82) is 0 Å². The fraction of sp³-hybridized carbons (Fsp3) is 0.143. The quantitative estimate of drug-likeness (QED) is 0.638. The van der Waals surface area contributed by atoms with Crippen LogP contribution in [0.25, 0.3) is 10.8 Å². The predicted octanol–water partition coefficient (Wildman–Crippen LogP) is 3.66. The van der Waals surface area contributed by atoms with E-state index in [9.17, 15) is 8.78 Å². The van der Waals surface area contributed by atoms with Gasteiger partial charge in [0.05, 0.1) is 5.56 Å². The molecule has 0 spiro atoms. The Kier molecular flexibility index (Phi) is 2.62. The fourth-order valence-corrected chi connectivity index (χ4v) is 1.89. The molecule has 0 bridgehead atoms. The summed E-state index contributed by atoms with van der Waals surface area (Å²) in [6, 6.07) is 5.68. The van der Waals surface area contributed by atoms with E-state index in [-0.39, 0.29) is 11.4 Å². The number of aryl methyl sites for hydroxylation is 1. The summed E-state index contributed by atoms with van der Waals surface area (Å²) in [6.07, 6.45) is 5.97. The Bertz CT molecular complexity index is 592. The molecule has 0 unspecified atom stereocenters. The van der Waals surface area contributed by atoms with Crippen LogP contribution >= 0.6 is 0 Å². The van der Waals surface area contributed by atoms with Crippen LogP contribution < -0.4 is 0 Å². The third-order valence-corrected chi connectivity index (χ3v) is 2.69. The molecule has 80 valence electrons. The summed E-state index contributed by atoms with van der Waals surface area (Å²) in [5, 5.41) is 0.902. The summed E-state index contributed by atoms with van der Waals surface area (Å²) in [6.45, 7) is 1.93. The average Bonchev–Trinajstić information content (AvgIpc) is 2.29. The summed E-state index contributed by atoms with van der Waals surface area (Å²) < 4.78 is 27.1. The summed E-state index contributed by atoms with van der Waals surface area (Å²) >= 11 is 0. The van der Waals surface area contributed by atoms with Gasteiger partial charge in [-0.2, -0.15) is 0 Å². The standard InChI is InChI=1S/C14H10F2/c1-3-9-5-7-13(16)11-6-8-12(15)10(4-2)14(9)11/h2,5-8H,3H2,1H3. The Morgan fingerprint density at radius 2 is 1.81 bits per heavy atom. The topological polar surface area (TPSA) is 0 Å². The Labute approximate surface area is 92.9 Å². The maximum Gasteiger partial charge on any atom is 0.139 e. The van der Waals surface area contributed by atoms with Gasteiger partial charge in [-0.1, -0.05) is 18.9 Å². The lowest BCUT2D eigenvalue weighted by Crippen LogP contribution is -1.93. The van der Waals surface area contributed by atoms with Gasteiger partial charge in [-0.05, 0) is 30.2 Å². The highest BCUT2D eigenvalue weighted by Gasteiger charge is 2.11. The van der Waals surface area contributed by atoms with Crippen molar-refractivity contribution in [1.82, 2.24) is 0 Å². The van der Waals surface area contributed by atoms with Crippen molar-refractivity contribution in [2.75, 3.05) is 0 Å². The van der Waals surface area contributed by atoms with Gasteiger partial charge in [0.1, 0.15) is 11.6 Å². The molecule has 0 heterocycles. The Balaban J connectivity index is 3.01. The van der Waals surface area contributed by atoms with Gasteiger partial charge < -0.3 is 0 Å². The van der Waals surface area contributed by atoms with Crippen molar-refractivity contribution in [3.8, 4) is 12.3 Å². The first kappa shape index (κ1) is 10.6. The van der Waals surface area contributed by atoms with Crippen molar-refractivity contribution in [3.63, 3.8) is 0 Å². The molecular weight excluding hydrogens is 206 g/mol. The van der Waals surface area contributed by atoms with Gasteiger partial charge in [0.25, 0.3) is 0 Å². The van der Waals surface area contributed by atoms with E-state index in [4.69, 9.17) is 6.42 Å². The van der Waals surface area contributed by atoms with Gasteiger partial charge in [0.2, 0.25) is 0 Å². The van der Waals surface area contributed by atoms with Crippen LogP contribution in [0.2, 0.25) is 0 Å². The minimum absolute atomic E-state index is 0.147. The monoisotopic (exact) mass is 216 g/mol. The molecule has 2 rings (SSSR count). The number of rotatable bonds is 1. The Morgan fingerprint density at radius 3 is 2.44 bits per heavy atom. The van der Waals surface area contributed by atoms with E-state index in [1.165, 1.54) is 18.2 Å². The van der Waals surface area contributed by atoms with E-state index >= 15 is 0 Å². The lowest BCUT2D eigenvalue weighted by molar-refractivity contribution is 0.623. The summed E-state index contributed by atoms with van der Waals surface area (Å²) in [5.74, 6) is 1.45. The number of halogens is 2. The molecule has 0 saturated heterocycles. The fourth-order valence-electron chi connectivity index (χ4n) is 1.89. The molecule has 2 heteroatoms. The molecule has 0 nitrogen and oxygen atoms in total. The maximum absolute atomic E-state index is 13.6. The summed E-state index contributed by atoms with van der Waals surface area (Å²) in [7, 11) is 0. The van der Waals surface area contributed by atoms with E-state index in [2.05, 4.69) is 5.92 Å². The van der Waals surface area contributed by atoms with Gasteiger partial charge in [-0.15, -0.1) is 6.42 Å². The SMILES string of the molecule is C#Cc1c(F)ccc2c(F)ccc(CC)c12. The second kappa shape index (κ2) is 3.94. The average molecular weight is 216 g/mol. The molecule has 0 amide bonds. The van der Waals surface area contributed by atoms with Crippen molar-refractivity contribution in [2.45, 2.75) is 13.3 Å². The van der Waals surface area contributed by atoms with E-state index in [1.807, 2.05) is 6.92 Å². The number of hydrogen-bond acceptors (Lipinski definition) is 0. The second-order valence-electron chi connectivity index (χ2n) is 3.55. The molecule has 2 aromatic rings. The number of fused-ring (bicyclic) bond motifs is 1. The lowest BCUT2D eigenvalue weighted by atomic mass is 9.97. The number of terminal acetylenes is 1. The summed E-state index contributed by atoms with van der Waals surface area (Å²) in [5.41, 5.74) is 1.01. The molecule has 2 aromatic carbocycles. The number of hydrogen-bond donors (Lipinski definition) is 0. The maximum atomic E-state index is 13.6. The van der Waals surface area contributed by atoms with Gasteiger partial charge in [0.15, 0.2) is 0 Å². The molecular formula is C14H10F2. The van der Waals surface area contributed by atoms with Crippen molar-refractivity contribution < 1.29 is 8.78 Å². The highest BCUT2D eigenvalue weighted by atomic mass is 19.1. The van der Waals surface area contributed by atoms with E-state index in [0.717, 1.165) is 5.56 Å². The molecule has 0 saturated carbocycles. The van der Waals surface area contributed by atoms with Crippen LogP contribution in [0, 0.1) is 24.0 Å². The normalized spacial score (nSPS) is 10.4. The molecule has 0 aliphatic carbocycles. The molecule has 16 heavy (non-hydrogen) atoms. The zero-order valence-electron chi connectivity index (χ0n) is 8.85. The molecule has 0 N–H and O–H groups in total. The Hall–Kier alpha value is -1.88. The zero-order chi connectivity index (χ0) is 11.7. The van der Waals surface area contributed by atoms with Crippen LogP contribution in [-0.2, 0) is 6.42 Å². The van der Waals surface area contributed by atoms with Crippen LogP contribution in [-0.4, -0.2) is 0 Å². The second-order valence-corrected chi connectivity index (χ2v) is 3.55. The van der Waals surface area contributed by atoms with Crippen LogP contribution in [0.4, 0.5) is 8.78 Å². The van der Waals surface area contributed by atoms with E-state index in [1.54, 1.807) is 6.07 Å². The van der Waals surface area contributed by atoms with Crippen molar-refractivity contribution in [3.05, 3.63) is 47.0 Å². The Morgan fingerprint density at radius 1 is 1.12 bits per heavy atom. The van der Waals surface area contributed by atoms with Gasteiger partial charge in [0, 0.05) is 10.8 Å². The van der Waals surface area contributed by atoms with Gasteiger partial charge >= 0.3 is 0 Å². The smallest absolute Gasteiger partial charge is 0.139 e. The first-order chi connectivity index (χ1) is 7.69. The highest BCUT2D eigenvalue weighted by Crippen LogP contribution is 2.27. The minimum Gasteiger partial charge on any atom is -0.206 e. The van der Waals surface area contributed by atoms with Gasteiger partial charge in [-0.3, -0.25) is 0 Å². The summed E-state index contributed by atoms with van der Waals surface area (Å²) in [4.78, 5) is 0. The molecule has 0 radical (unpaired) electrons. The number of benzene rings is 2. The molecule has 0 aliphatic heterocycles. The van der Waals surface area contributed by atoms with Crippen LogP contribution in [0.3, 0.4) is 0 Å².